The highest BCUT2D eigenvalue weighted by molar-refractivity contribution is 5.31. The van der Waals surface area contributed by atoms with E-state index in [4.69, 9.17) is 0 Å². The van der Waals surface area contributed by atoms with Crippen LogP contribution in [0.3, 0.4) is 0 Å². The second kappa shape index (κ2) is 3.64. The van der Waals surface area contributed by atoms with Crippen molar-refractivity contribution in [3.63, 3.8) is 0 Å². The number of benzene rings is 1. The number of hydrogen-bond donors (Lipinski definition) is 1. The van der Waals surface area contributed by atoms with Gasteiger partial charge in [0.25, 0.3) is 0 Å². The minimum atomic E-state index is 0.353. The average Bonchev–Trinajstić information content (AvgIpc) is 2.19. The summed E-state index contributed by atoms with van der Waals surface area (Å²) >= 11 is 0. The Kier molecular flexibility index (Phi) is 2.49. The molecule has 0 spiro atoms. The molecule has 0 heterocycles. The Balaban J connectivity index is 2.23. The predicted octanol–water partition coefficient (Wildman–Crippen LogP) is 3.61. The highest BCUT2D eigenvalue weighted by atomic mass is 16.3. The molecule has 1 N–H and O–H groups in total. The van der Waals surface area contributed by atoms with Crippen molar-refractivity contribution in [2.45, 2.75) is 44.4 Å². The van der Waals surface area contributed by atoms with E-state index < -0.39 is 0 Å². The number of phenolic OH excluding ortho intramolecular Hbond substituents is 1. The zero-order valence-corrected chi connectivity index (χ0v) is 8.79. The first kappa shape index (κ1) is 9.57. The quantitative estimate of drug-likeness (QED) is 0.717. The van der Waals surface area contributed by atoms with Crippen molar-refractivity contribution in [1.82, 2.24) is 0 Å². The maximum absolute atomic E-state index is 9.24. The molecule has 1 fully saturated rings. The molecule has 1 aliphatic rings. The Morgan fingerprint density at radius 2 is 1.57 bits per heavy atom. The van der Waals surface area contributed by atoms with Crippen LogP contribution in [0.15, 0.2) is 24.3 Å². The monoisotopic (exact) mass is 190 g/mol. The van der Waals surface area contributed by atoms with E-state index in [1.54, 1.807) is 12.1 Å². The molecule has 1 aliphatic carbocycles. The standard InChI is InChI=1S/C13H18O/c1-13(9-3-2-4-10-13)11-5-7-12(14)8-6-11/h5-8,14H,2-4,9-10H2,1H3. The first-order valence-corrected chi connectivity index (χ1v) is 5.50. The molecular weight excluding hydrogens is 172 g/mol. The van der Waals surface area contributed by atoms with Gasteiger partial charge in [0, 0.05) is 0 Å². The fourth-order valence-electron chi connectivity index (χ4n) is 2.48. The molecule has 76 valence electrons. The van der Waals surface area contributed by atoms with Crippen molar-refractivity contribution < 1.29 is 5.11 Å². The highest BCUT2D eigenvalue weighted by Crippen LogP contribution is 2.39. The van der Waals surface area contributed by atoms with Crippen molar-refractivity contribution in [3.8, 4) is 5.75 Å². The molecule has 1 heteroatoms. The van der Waals surface area contributed by atoms with E-state index in [1.807, 2.05) is 0 Å². The van der Waals surface area contributed by atoms with Crippen molar-refractivity contribution in [3.05, 3.63) is 29.8 Å². The van der Waals surface area contributed by atoms with Crippen LogP contribution in [0.1, 0.15) is 44.6 Å². The van der Waals surface area contributed by atoms with Crippen molar-refractivity contribution in [1.29, 1.82) is 0 Å². The molecule has 1 nitrogen and oxygen atoms in total. The lowest BCUT2D eigenvalue weighted by Crippen LogP contribution is -2.24. The van der Waals surface area contributed by atoms with Crippen LogP contribution in [-0.4, -0.2) is 5.11 Å². The lowest BCUT2D eigenvalue weighted by atomic mass is 9.71. The molecule has 0 aliphatic heterocycles. The Bertz CT molecular complexity index is 294. The molecule has 0 radical (unpaired) electrons. The fraction of sp³-hybridized carbons (Fsp3) is 0.538. The smallest absolute Gasteiger partial charge is 0.115 e. The summed E-state index contributed by atoms with van der Waals surface area (Å²) < 4.78 is 0. The SMILES string of the molecule is CC1(c2ccc(O)cc2)CCCCC1. The van der Waals surface area contributed by atoms with E-state index >= 15 is 0 Å². The Hall–Kier alpha value is -0.980. The molecule has 0 unspecified atom stereocenters. The third-order valence-electron chi connectivity index (χ3n) is 3.52. The molecule has 1 saturated carbocycles. The zero-order chi connectivity index (χ0) is 10.0. The van der Waals surface area contributed by atoms with Crippen LogP contribution < -0.4 is 0 Å². The van der Waals surface area contributed by atoms with Crippen LogP contribution in [0.2, 0.25) is 0 Å². The maximum Gasteiger partial charge on any atom is 0.115 e. The molecule has 14 heavy (non-hydrogen) atoms. The second-order valence-corrected chi connectivity index (χ2v) is 4.67. The summed E-state index contributed by atoms with van der Waals surface area (Å²) in [6.07, 6.45) is 6.65. The van der Waals surface area contributed by atoms with Crippen LogP contribution >= 0.6 is 0 Å². The first-order valence-electron chi connectivity index (χ1n) is 5.50. The molecule has 0 atom stereocenters. The van der Waals surface area contributed by atoms with Gasteiger partial charge >= 0.3 is 0 Å². The van der Waals surface area contributed by atoms with Crippen molar-refractivity contribution in [2.24, 2.45) is 0 Å². The molecule has 0 bridgehead atoms. The van der Waals surface area contributed by atoms with Gasteiger partial charge in [0.1, 0.15) is 5.75 Å². The molecule has 2 rings (SSSR count). The minimum Gasteiger partial charge on any atom is -0.508 e. The molecular formula is C13H18O. The molecule has 1 aromatic carbocycles. The summed E-state index contributed by atoms with van der Waals surface area (Å²) in [6.45, 7) is 2.35. The Morgan fingerprint density at radius 1 is 1.00 bits per heavy atom. The predicted molar refractivity (Wildman–Crippen MR) is 58.5 cm³/mol. The van der Waals surface area contributed by atoms with E-state index in [0.29, 0.717) is 11.2 Å². The van der Waals surface area contributed by atoms with Gasteiger partial charge in [-0.15, -0.1) is 0 Å². The molecule has 0 aromatic heterocycles. The van der Waals surface area contributed by atoms with Crippen LogP contribution in [0.25, 0.3) is 0 Å². The summed E-state index contributed by atoms with van der Waals surface area (Å²) in [4.78, 5) is 0. The zero-order valence-electron chi connectivity index (χ0n) is 8.79. The number of phenols is 1. The fourth-order valence-corrected chi connectivity index (χ4v) is 2.48. The maximum atomic E-state index is 9.24. The topological polar surface area (TPSA) is 20.2 Å². The summed E-state index contributed by atoms with van der Waals surface area (Å²) in [5.74, 6) is 0.369. The minimum absolute atomic E-state index is 0.353. The second-order valence-electron chi connectivity index (χ2n) is 4.67. The molecule has 1 aromatic rings. The van der Waals surface area contributed by atoms with Gasteiger partial charge in [-0.05, 0) is 36.0 Å². The normalized spacial score (nSPS) is 20.6. The van der Waals surface area contributed by atoms with Gasteiger partial charge in [0.2, 0.25) is 0 Å². The van der Waals surface area contributed by atoms with Gasteiger partial charge in [-0.1, -0.05) is 38.3 Å². The van der Waals surface area contributed by atoms with Crippen molar-refractivity contribution in [2.75, 3.05) is 0 Å². The van der Waals surface area contributed by atoms with E-state index in [0.717, 1.165) is 0 Å². The van der Waals surface area contributed by atoms with E-state index in [9.17, 15) is 5.11 Å². The third-order valence-corrected chi connectivity index (χ3v) is 3.52. The molecule has 0 amide bonds. The van der Waals surface area contributed by atoms with Crippen LogP contribution in [0.5, 0.6) is 5.75 Å². The van der Waals surface area contributed by atoms with Gasteiger partial charge in [-0.3, -0.25) is 0 Å². The van der Waals surface area contributed by atoms with Crippen LogP contribution in [0, 0.1) is 0 Å². The number of aromatic hydroxyl groups is 1. The Morgan fingerprint density at radius 3 is 2.14 bits per heavy atom. The summed E-state index contributed by atoms with van der Waals surface area (Å²) in [6, 6.07) is 7.74. The van der Waals surface area contributed by atoms with Gasteiger partial charge in [-0.25, -0.2) is 0 Å². The first-order chi connectivity index (χ1) is 6.71. The number of rotatable bonds is 1. The average molecular weight is 190 g/mol. The van der Waals surface area contributed by atoms with E-state index in [2.05, 4.69) is 19.1 Å². The highest BCUT2D eigenvalue weighted by Gasteiger charge is 2.28. The summed E-state index contributed by atoms with van der Waals surface area (Å²) in [7, 11) is 0. The van der Waals surface area contributed by atoms with E-state index in [-0.39, 0.29) is 0 Å². The van der Waals surface area contributed by atoms with Crippen LogP contribution in [-0.2, 0) is 5.41 Å². The largest absolute Gasteiger partial charge is 0.508 e. The van der Waals surface area contributed by atoms with Gasteiger partial charge in [-0.2, -0.15) is 0 Å². The van der Waals surface area contributed by atoms with Crippen molar-refractivity contribution >= 4 is 0 Å². The molecule has 0 saturated heterocycles. The lowest BCUT2D eigenvalue weighted by Gasteiger charge is -2.34. The lowest BCUT2D eigenvalue weighted by molar-refractivity contribution is 0.319. The van der Waals surface area contributed by atoms with Gasteiger partial charge in [0.15, 0.2) is 0 Å². The summed E-state index contributed by atoms with van der Waals surface area (Å²) in [5.41, 5.74) is 1.74. The number of hydrogen-bond acceptors (Lipinski definition) is 1. The van der Waals surface area contributed by atoms with Crippen LogP contribution in [0.4, 0.5) is 0 Å². The van der Waals surface area contributed by atoms with Gasteiger partial charge < -0.3 is 5.11 Å². The van der Waals surface area contributed by atoms with E-state index in [1.165, 1.54) is 37.7 Å². The Labute approximate surface area is 85.8 Å². The van der Waals surface area contributed by atoms with Gasteiger partial charge in [0.05, 0.1) is 0 Å². The third kappa shape index (κ3) is 1.77. The summed E-state index contributed by atoms with van der Waals surface area (Å²) in [5, 5.41) is 9.24.